The predicted octanol–water partition coefficient (Wildman–Crippen LogP) is 2.57. The van der Waals surface area contributed by atoms with Crippen molar-refractivity contribution < 1.29 is 42.6 Å². The van der Waals surface area contributed by atoms with Gasteiger partial charge in [0.05, 0.1) is 31.0 Å². The van der Waals surface area contributed by atoms with Crippen LogP contribution in [0.5, 0.6) is 0 Å². The number of phosphoric ester groups is 1. The predicted molar refractivity (Wildman–Crippen MR) is 104 cm³/mol. The molecule has 0 radical (unpaired) electrons. The maximum Gasteiger partial charge on any atom is 0.530 e. The molecule has 2 N–H and O–H groups in total. The molecular weight excluding hydrogens is 403 g/mol. The number of phosphoric acid groups is 1. The second kappa shape index (κ2) is 9.73. The monoisotopic (exact) mass is 438 g/mol. The van der Waals surface area contributed by atoms with Gasteiger partial charge in [-0.1, -0.05) is 6.92 Å². The van der Waals surface area contributed by atoms with Crippen molar-refractivity contribution in [3.63, 3.8) is 0 Å². The van der Waals surface area contributed by atoms with Crippen LogP contribution in [0, 0.1) is 5.92 Å². The summed E-state index contributed by atoms with van der Waals surface area (Å²) in [6.07, 6.45) is -2.01. The third-order valence-corrected chi connectivity index (χ3v) is 5.94. The van der Waals surface area contributed by atoms with Gasteiger partial charge in [-0.3, -0.25) is 9.42 Å². The largest absolute Gasteiger partial charge is 0.530 e. The number of hydrogen-bond donors (Lipinski definition) is 2. The van der Waals surface area contributed by atoms with Crippen molar-refractivity contribution in [3.05, 3.63) is 0 Å². The number of hydrogen-bond acceptors (Lipinski definition) is 8. The van der Waals surface area contributed by atoms with Crippen molar-refractivity contribution in [1.29, 1.82) is 0 Å². The van der Waals surface area contributed by atoms with E-state index in [9.17, 15) is 19.4 Å². The molecule has 0 bridgehead atoms. The van der Waals surface area contributed by atoms with Gasteiger partial charge in [-0.25, -0.2) is 9.36 Å². The van der Waals surface area contributed by atoms with Crippen LogP contribution >= 0.6 is 7.82 Å². The molecule has 0 aromatic heterocycles. The minimum absolute atomic E-state index is 0.0405. The molecule has 1 saturated carbocycles. The highest BCUT2D eigenvalue weighted by Crippen LogP contribution is 2.51. The number of carbonyl (C=O) groups excluding carboxylic acids is 1. The zero-order valence-corrected chi connectivity index (χ0v) is 19.0. The topological polar surface area (TPSA) is 121 Å². The maximum atomic E-state index is 12.5. The van der Waals surface area contributed by atoms with Crippen LogP contribution < -0.4 is 0 Å². The lowest BCUT2D eigenvalue weighted by Crippen LogP contribution is -2.44. The summed E-state index contributed by atoms with van der Waals surface area (Å²) in [5, 5.41) is 10.9. The van der Waals surface area contributed by atoms with E-state index in [1.54, 1.807) is 6.92 Å². The Morgan fingerprint density at radius 1 is 1.21 bits per heavy atom. The zero-order chi connectivity index (χ0) is 22.0. The van der Waals surface area contributed by atoms with Crippen molar-refractivity contribution in [1.82, 2.24) is 0 Å². The fourth-order valence-electron chi connectivity index (χ4n) is 3.88. The highest BCUT2D eigenvalue weighted by Gasteiger charge is 2.51. The molecule has 0 aromatic rings. The Labute approximate surface area is 172 Å². The van der Waals surface area contributed by atoms with Crippen molar-refractivity contribution in [2.45, 2.75) is 103 Å². The SMILES string of the molecule is CC1CC(OP(=O)(O)OC(=O)C2OC(C)CC2OC(C)C)C(O)(COC(C)C)C1. The summed E-state index contributed by atoms with van der Waals surface area (Å²) in [4.78, 5) is 22.7. The Morgan fingerprint density at radius 2 is 1.86 bits per heavy atom. The molecule has 0 aromatic carbocycles. The van der Waals surface area contributed by atoms with Gasteiger partial charge < -0.3 is 23.8 Å². The number of ether oxygens (including phenoxy) is 3. The van der Waals surface area contributed by atoms with Crippen LogP contribution in [-0.2, 0) is 32.6 Å². The molecule has 10 heteroatoms. The average molecular weight is 438 g/mol. The third-order valence-electron chi connectivity index (χ3n) is 5.01. The smallest absolute Gasteiger partial charge is 0.385 e. The Morgan fingerprint density at radius 3 is 2.45 bits per heavy atom. The summed E-state index contributed by atoms with van der Waals surface area (Å²) in [7, 11) is -4.79. The molecule has 9 nitrogen and oxygen atoms in total. The van der Waals surface area contributed by atoms with Gasteiger partial charge in [0, 0.05) is 6.42 Å². The summed E-state index contributed by atoms with van der Waals surface area (Å²) in [6, 6.07) is 0. The summed E-state index contributed by atoms with van der Waals surface area (Å²) < 4.78 is 39.2. The maximum absolute atomic E-state index is 12.5. The molecule has 1 aliphatic carbocycles. The Hall–Kier alpha value is -0.540. The second-order valence-electron chi connectivity index (χ2n) is 8.81. The van der Waals surface area contributed by atoms with E-state index in [4.69, 9.17) is 23.3 Å². The van der Waals surface area contributed by atoms with E-state index < -0.39 is 37.7 Å². The van der Waals surface area contributed by atoms with E-state index in [0.29, 0.717) is 19.3 Å². The van der Waals surface area contributed by atoms with E-state index in [-0.39, 0.29) is 30.8 Å². The average Bonchev–Trinajstić information content (AvgIpc) is 3.03. The first-order valence-electron chi connectivity index (χ1n) is 10.2. The number of rotatable bonds is 9. The van der Waals surface area contributed by atoms with Crippen LogP contribution in [0.1, 0.15) is 60.8 Å². The number of aliphatic hydroxyl groups is 1. The molecular formula is C19H35O9P. The van der Waals surface area contributed by atoms with Crippen LogP contribution in [0.25, 0.3) is 0 Å². The molecule has 170 valence electrons. The molecule has 1 aliphatic heterocycles. The Balaban J connectivity index is 2.02. The highest BCUT2D eigenvalue weighted by atomic mass is 31.2. The molecule has 0 amide bonds. The van der Waals surface area contributed by atoms with Crippen molar-refractivity contribution in [3.8, 4) is 0 Å². The van der Waals surface area contributed by atoms with E-state index in [1.807, 2.05) is 34.6 Å². The molecule has 29 heavy (non-hydrogen) atoms. The van der Waals surface area contributed by atoms with E-state index in [2.05, 4.69) is 0 Å². The fraction of sp³-hybridized carbons (Fsp3) is 0.947. The third kappa shape index (κ3) is 6.99. The molecule has 7 unspecified atom stereocenters. The van der Waals surface area contributed by atoms with Crippen LogP contribution in [0.3, 0.4) is 0 Å². The van der Waals surface area contributed by atoms with Gasteiger partial charge in [-0.05, 0) is 53.4 Å². The van der Waals surface area contributed by atoms with Gasteiger partial charge in [-0.2, -0.15) is 0 Å². The molecule has 0 spiro atoms. The Bertz CT molecular complexity index is 610. The second-order valence-corrected chi connectivity index (χ2v) is 10.1. The minimum Gasteiger partial charge on any atom is -0.385 e. The van der Waals surface area contributed by atoms with Gasteiger partial charge in [0.1, 0.15) is 11.7 Å². The van der Waals surface area contributed by atoms with Gasteiger partial charge >= 0.3 is 13.8 Å². The van der Waals surface area contributed by atoms with Gasteiger partial charge in [0.25, 0.3) is 0 Å². The molecule has 2 fully saturated rings. The van der Waals surface area contributed by atoms with Crippen molar-refractivity contribution in [2.24, 2.45) is 5.92 Å². The summed E-state index contributed by atoms with van der Waals surface area (Å²) in [6.45, 7) is 11.0. The summed E-state index contributed by atoms with van der Waals surface area (Å²) in [5.41, 5.74) is -1.43. The lowest BCUT2D eigenvalue weighted by atomic mass is 10.0. The normalized spacial score (nSPS) is 37.2. The zero-order valence-electron chi connectivity index (χ0n) is 18.1. The lowest BCUT2D eigenvalue weighted by molar-refractivity contribution is -0.157. The van der Waals surface area contributed by atoms with Crippen LogP contribution in [0.2, 0.25) is 0 Å². The first kappa shape index (κ1) is 24.7. The van der Waals surface area contributed by atoms with E-state index in [0.717, 1.165) is 0 Å². The number of carbonyl (C=O) groups is 1. The summed E-state index contributed by atoms with van der Waals surface area (Å²) >= 11 is 0. The first-order valence-corrected chi connectivity index (χ1v) is 11.7. The standard InChI is InChI=1S/C19H35O9P/c1-11(2)24-10-19(21)9-13(5)7-16(19)27-29(22,23)28-18(20)17-15(25-12(3)4)8-14(6)26-17/h11-17,21H,7-10H2,1-6H3,(H,22,23). The molecule has 1 saturated heterocycles. The molecule has 1 heterocycles. The minimum atomic E-state index is -4.79. The van der Waals surface area contributed by atoms with Gasteiger partial charge in [0.15, 0.2) is 6.10 Å². The van der Waals surface area contributed by atoms with Crippen molar-refractivity contribution >= 4 is 13.8 Å². The van der Waals surface area contributed by atoms with Crippen molar-refractivity contribution in [2.75, 3.05) is 6.61 Å². The van der Waals surface area contributed by atoms with Crippen LogP contribution in [0.15, 0.2) is 0 Å². The van der Waals surface area contributed by atoms with Crippen LogP contribution in [0.4, 0.5) is 0 Å². The van der Waals surface area contributed by atoms with Crippen LogP contribution in [-0.4, -0.2) is 64.8 Å². The molecule has 2 rings (SSSR count). The highest BCUT2D eigenvalue weighted by molar-refractivity contribution is 7.48. The summed E-state index contributed by atoms with van der Waals surface area (Å²) in [5.74, 6) is -0.960. The quantitative estimate of drug-likeness (QED) is 0.523. The van der Waals surface area contributed by atoms with Gasteiger partial charge in [-0.15, -0.1) is 0 Å². The molecule has 2 aliphatic rings. The van der Waals surface area contributed by atoms with E-state index in [1.165, 1.54) is 0 Å². The first-order chi connectivity index (χ1) is 13.3. The molecule has 7 atom stereocenters. The lowest BCUT2D eigenvalue weighted by Gasteiger charge is -2.31. The Kier molecular flexibility index (Phi) is 8.29. The van der Waals surface area contributed by atoms with E-state index >= 15 is 0 Å². The van der Waals surface area contributed by atoms with Gasteiger partial charge in [0.2, 0.25) is 0 Å². The fourth-order valence-corrected chi connectivity index (χ4v) is 4.86.